The average Bonchev–Trinajstić information content (AvgIpc) is 3.41. The Balaban J connectivity index is 1.47. The van der Waals surface area contributed by atoms with Gasteiger partial charge in [-0.15, -0.1) is 11.3 Å². The first-order chi connectivity index (χ1) is 15.0. The van der Waals surface area contributed by atoms with Gasteiger partial charge in [-0.3, -0.25) is 9.59 Å². The van der Waals surface area contributed by atoms with Crippen molar-refractivity contribution in [3.8, 4) is 0 Å². The molecule has 0 spiro atoms. The van der Waals surface area contributed by atoms with Crippen LogP contribution >= 0.6 is 27.3 Å². The molecular formula is C23H22BrN3O3S. The van der Waals surface area contributed by atoms with Crippen LogP contribution in [-0.2, 0) is 12.8 Å². The van der Waals surface area contributed by atoms with Crippen LogP contribution < -0.4 is 10.7 Å². The molecular weight excluding hydrogens is 478 g/mol. The van der Waals surface area contributed by atoms with E-state index >= 15 is 0 Å². The summed E-state index contributed by atoms with van der Waals surface area (Å²) in [6, 6.07) is 11.1. The molecule has 1 aliphatic carbocycles. The maximum absolute atomic E-state index is 12.7. The van der Waals surface area contributed by atoms with Crippen LogP contribution in [0.25, 0.3) is 0 Å². The first-order valence-electron chi connectivity index (χ1n) is 10.1. The highest BCUT2D eigenvalue weighted by molar-refractivity contribution is 9.10. The molecule has 31 heavy (non-hydrogen) atoms. The molecule has 160 valence electrons. The minimum Gasteiger partial charge on any atom is -0.455 e. The lowest BCUT2D eigenvalue weighted by Gasteiger charge is -2.13. The van der Waals surface area contributed by atoms with Gasteiger partial charge in [0.1, 0.15) is 5.76 Å². The summed E-state index contributed by atoms with van der Waals surface area (Å²) in [5.41, 5.74) is 5.51. The zero-order chi connectivity index (χ0) is 21.8. The smallest absolute Gasteiger partial charge is 0.287 e. The Bertz CT molecular complexity index is 1120. The molecule has 2 heterocycles. The molecule has 8 heteroatoms. The number of rotatable bonds is 6. The lowest BCUT2D eigenvalue weighted by molar-refractivity contribution is 0.0922. The van der Waals surface area contributed by atoms with E-state index in [0.717, 1.165) is 46.3 Å². The second-order valence-corrected chi connectivity index (χ2v) is 9.25. The fourth-order valence-corrected chi connectivity index (χ4v) is 4.59. The topological polar surface area (TPSA) is 83.7 Å². The van der Waals surface area contributed by atoms with E-state index in [2.05, 4.69) is 37.8 Å². The molecule has 0 saturated heterocycles. The Morgan fingerprint density at radius 3 is 2.71 bits per heavy atom. The molecule has 0 unspecified atom stereocenters. The van der Waals surface area contributed by atoms with Gasteiger partial charge in [-0.2, -0.15) is 5.10 Å². The molecule has 6 nitrogen and oxygen atoms in total. The predicted octanol–water partition coefficient (Wildman–Crippen LogP) is 4.85. The Hall–Kier alpha value is -2.71. The lowest BCUT2D eigenvalue weighted by atomic mass is 9.93. The summed E-state index contributed by atoms with van der Waals surface area (Å²) in [5.74, 6) is 0.579. The van der Waals surface area contributed by atoms with Gasteiger partial charge in [0, 0.05) is 39.0 Å². The molecule has 0 atom stereocenters. The third kappa shape index (κ3) is 4.97. The summed E-state index contributed by atoms with van der Waals surface area (Å²) in [5, 5.41) is 9.33. The van der Waals surface area contributed by atoms with Crippen molar-refractivity contribution in [3.63, 3.8) is 0 Å². The number of amides is 2. The maximum Gasteiger partial charge on any atom is 0.287 e. The Morgan fingerprint density at radius 2 is 1.97 bits per heavy atom. The van der Waals surface area contributed by atoms with Gasteiger partial charge in [-0.1, -0.05) is 22.0 Å². The van der Waals surface area contributed by atoms with Crippen LogP contribution in [0, 0.1) is 6.92 Å². The van der Waals surface area contributed by atoms with Gasteiger partial charge in [-0.25, -0.2) is 5.43 Å². The molecule has 0 saturated carbocycles. The van der Waals surface area contributed by atoms with Crippen LogP contribution in [0.2, 0.25) is 0 Å². The molecule has 1 aromatic carbocycles. The molecule has 0 fully saturated rings. The standard InChI is InChI=1S/C23H22BrN3O3S/c1-14-20-18(26-27-22(28)15-7-9-16(24)10-8-15)5-2-6-19(20)30-21(14)23(29)25-12-11-17-4-3-13-31-17/h3-4,7-10,13H,2,5-6,11-12H2,1H3,(H,25,29)(H,27,28)/b26-18+. The van der Waals surface area contributed by atoms with Gasteiger partial charge < -0.3 is 9.73 Å². The van der Waals surface area contributed by atoms with Crippen molar-refractivity contribution in [3.05, 3.63) is 79.3 Å². The minimum absolute atomic E-state index is 0.221. The van der Waals surface area contributed by atoms with Crippen LogP contribution in [0.4, 0.5) is 0 Å². The van der Waals surface area contributed by atoms with E-state index in [4.69, 9.17) is 4.42 Å². The van der Waals surface area contributed by atoms with E-state index in [-0.39, 0.29) is 11.8 Å². The van der Waals surface area contributed by atoms with E-state index in [9.17, 15) is 9.59 Å². The van der Waals surface area contributed by atoms with Crippen LogP contribution in [-0.4, -0.2) is 24.1 Å². The molecule has 2 aromatic heterocycles. The number of nitrogens with one attached hydrogen (secondary N) is 2. The number of furan rings is 1. The number of nitrogens with zero attached hydrogens (tertiary/aromatic N) is 1. The normalized spacial score (nSPS) is 14.3. The fraction of sp³-hybridized carbons (Fsp3) is 0.261. The second-order valence-electron chi connectivity index (χ2n) is 7.30. The van der Waals surface area contributed by atoms with Crippen LogP contribution in [0.15, 0.2) is 55.8 Å². The predicted molar refractivity (Wildman–Crippen MR) is 125 cm³/mol. The van der Waals surface area contributed by atoms with E-state index in [1.807, 2.05) is 30.5 Å². The van der Waals surface area contributed by atoms with Gasteiger partial charge in [0.05, 0.1) is 5.71 Å². The zero-order valence-electron chi connectivity index (χ0n) is 17.0. The van der Waals surface area contributed by atoms with Crippen molar-refractivity contribution in [1.29, 1.82) is 0 Å². The van der Waals surface area contributed by atoms with Crippen molar-refractivity contribution in [2.24, 2.45) is 5.10 Å². The van der Waals surface area contributed by atoms with Crippen molar-refractivity contribution >= 4 is 44.8 Å². The highest BCUT2D eigenvalue weighted by Gasteiger charge is 2.28. The van der Waals surface area contributed by atoms with Gasteiger partial charge in [0.2, 0.25) is 0 Å². The van der Waals surface area contributed by atoms with Crippen LogP contribution in [0.3, 0.4) is 0 Å². The zero-order valence-corrected chi connectivity index (χ0v) is 19.4. The summed E-state index contributed by atoms with van der Waals surface area (Å²) < 4.78 is 6.82. The van der Waals surface area contributed by atoms with Gasteiger partial charge in [-0.05, 0) is 61.9 Å². The van der Waals surface area contributed by atoms with Gasteiger partial charge in [0.25, 0.3) is 11.8 Å². The molecule has 2 N–H and O–H groups in total. The number of thiophene rings is 1. The number of carbonyl (C=O) groups excluding carboxylic acids is 2. The number of aryl methyl sites for hydroxylation is 1. The minimum atomic E-state index is -0.278. The van der Waals surface area contributed by atoms with Crippen molar-refractivity contribution in [2.45, 2.75) is 32.6 Å². The highest BCUT2D eigenvalue weighted by atomic mass is 79.9. The molecule has 3 aromatic rings. The number of hydrazone groups is 1. The fourth-order valence-electron chi connectivity index (χ4n) is 3.62. The summed E-state index contributed by atoms with van der Waals surface area (Å²) in [6.45, 7) is 2.42. The summed E-state index contributed by atoms with van der Waals surface area (Å²) in [6.07, 6.45) is 3.11. The quantitative estimate of drug-likeness (QED) is 0.475. The summed E-state index contributed by atoms with van der Waals surface area (Å²) in [7, 11) is 0. The average molecular weight is 500 g/mol. The number of carbonyl (C=O) groups is 2. The SMILES string of the molecule is Cc1c(C(=O)NCCc2cccs2)oc2c1/C(=N/NC(=O)c1ccc(Br)cc1)CCC2. The summed E-state index contributed by atoms with van der Waals surface area (Å²) in [4.78, 5) is 26.3. The highest BCUT2D eigenvalue weighted by Crippen LogP contribution is 2.30. The number of benzene rings is 1. The Labute approximate surface area is 192 Å². The second kappa shape index (κ2) is 9.62. The van der Waals surface area contributed by atoms with Crippen molar-refractivity contribution in [2.75, 3.05) is 6.54 Å². The van der Waals surface area contributed by atoms with Crippen molar-refractivity contribution in [1.82, 2.24) is 10.7 Å². The first kappa shape index (κ1) is 21.5. The molecule has 0 radical (unpaired) electrons. The Kier molecular flexibility index (Phi) is 6.67. The van der Waals surface area contributed by atoms with Crippen LogP contribution in [0.1, 0.15) is 55.5 Å². The molecule has 4 rings (SSSR count). The molecule has 2 amide bonds. The molecule has 1 aliphatic rings. The number of fused-ring (bicyclic) bond motifs is 1. The number of halogens is 1. The largest absolute Gasteiger partial charge is 0.455 e. The number of hydrogen-bond acceptors (Lipinski definition) is 5. The van der Waals surface area contributed by atoms with E-state index in [1.54, 1.807) is 23.5 Å². The first-order valence-corrected chi connectivity index (χ1v) is 11.8. The van der Waals surface area contributed by atoms with Gasteiger partial charge >= 0.3 is 0 Å². The van der Waals surface area contributed by atoms with Crippen molar-refractivity contribution < 1.29 is 14.0 Å². The Morgan fingerprint density at radius 1 is 1.16 bits per heavy atom. The van der Waals surface area contributed by atoms with Crippen LogP contribution in [0.5, 0.6) is 0 Å². The summed E-state index contributed by atoms with van der Waals surface area (Å²) >= 11 is 5.04. The third-order valence-electron chi connectivity index (χ3n) is 5.17. The molecule has 0 bridgehead atoms. The monoisotopic (exact) mass is 499 g/mol. The number of hydrogen-bond donors (Lipinski definition) is 2. The van der Waals surface area contributed by atoms with E-state index < -0.39 is 0 Å². The maximum atomic E-state index is 12.7. The van der Waals surface area contributed by atoms with E-state index in [1.165, 1.54) is 4.88 Å². The van der Waals surface area contributed by atoms with Gasteiger partial charge in [0.15, 0.2) is 5.76 Å². The lowest BCUT2D eigenvalue weighted by Crippen LogP contribution is -2.26. The van der Waals surface area contributed by atoms with E-state index in [0.29, 0.717) is 24.3 Å². The molecule has 0 aliphatic heterocycles. The third-order valence-corrected chi connectivity index (χ3v) is 6.63.